The van der Waals surface area contributed by atoms with Gasteiger partial charge in [-0.05, 0) is 75.8 Å². The summed E-state index contributed by atoms with van der Waals surface area (Å²) >= 11 is 7.78. The topological polar surface area (TPSA) is 84.9 Å². The van der Waals surface area contributed by atoms with Gasteiger partial charge in [0.25, 0.3) is 11.8 Å². The van der Waals surface area contributed by atoms with Crippen LogP contribution in [0.5, 0.6) is 5.75 Å². The summed E-state index contributed by atoms with van der Waals surface area (Å²) in [5.74, 6) is -11.6. The monoisotopic (exact) mass is 904 g/mol. The maximum Gasteiger partial charge on any atom is 0.435 e. The van der Waals surface area contributed by atoms with Crippen molar-refractivity contribution in [1.82, 2.24) is 0 Å². The van der Waals surface area contributed by atoms with Gasteiger partial charge in [-0.15, -0.1) is 5.06 Å². The van der Waals surface area contributed by atoms with Crippen molar-refractivity contribution in [3.05, 3.63) is 98.5 Å². The van der Waals surface area contributed by atoms with Crippen LogP contribution in [0.2, 0.25) is 0 Å². The van der Waals surface area contributed by atoms with Gasteiger partial charge in [-0.1, -0.05) is 37.6 Å². The van der Waals surface area contributed by atoms with E-state index < -0.39 is 127 Å². The maximum absolute atomic E-state index is 16.2. The van der Waals surface area contributed by atoms with Crippen molar-refractivity contribution < 1.29 is 85.4 Å². The molecule has 1 N–H and O–H groups in total. The van der Waals surface area contributed by atoms with Crippen molar-refractivity contribution in [2.24, 2.45) is 17.3 Å². The van der Waals surface area contributed by atoms with Crippen LogP contribution in [0.3, 0.4) is 0 Å². The number of benzene rings is 3. The van der Waals surface area contributed by atoms with E-state index in [1.807, 2.05) is 0 Å². The molecule has 1 saturated carbocycles. The van der Waals surface area contributed by atoms with Crippen LogP contribution in [0.25, 0.3) is 0 Å². The number of halogens is 16. The van der Waals surface area contributed by atoms with Crippen molar-refractivity contribution in [3.8, 4) is 5.75 Å². The van der Waals surface area contributed by atoms with Crippen LogP contribution in [0.15, 0.2) is 70.2 Å². The Hall–Kier alpha value is -4.60. The molecule has 1 aliphatic carbocycles. The molecule has 2 amide bonds. The number of anilines is 2. The number of ether oxygens (including phenoxy) is 1. The standard InChI is InChI=1S/C33H20BrClF14N2O5/c1-29(2)17(12-21(35)31(41,42)43)22(29)27(54)56-51(26(53)13-6-8-15(36)9-7-13)19-5-3-4-16(23(19)37)25(52)50-24-18(34)10-14(11-20(24)55-28(38)39)30(40,32(44,45)46)33(47,48)49/h3-12,17,22,28H,1-2H3,(H,50,52). The van der Waals surface area contributed by atoms with Crippen LogP contribution in [0.4, 0.5) is 72.8 Å². The highest BCUT2D eigenvalue weighted by Gasteiger charge is 2.73. The molecule has 3 aromatic carbocycles. The van der Waals surface area contributed by atoms with E-state index in [0.717, 1.165) is 36.4 Å². The Bertz CT molecular complexity index is 2040. The molecule has 0 bridgehead atoms. The molecule has 304 valence electrons. The van der Waals surface area contributed by atoms with E-state index in [0.29, 0.717) is 12.1 Å². The highest BCUT2D eigenvalue weighted by Crippen LogP contribution is 2.61. The normalized spacial score (nSPS) is 17.4. The molecule has 2 atom stereocenters. The van der Waals surface area contributed by atoms with Crippen LogP contribution in [-0.2, 0) is 15.3 Å². The summed E-state index contributed by atoms with van der Waals surface area (Å²) in [4.78, 5) is 45.3. The zero-order valence-corrected chi connectivity index (χ0v) is 29.9. The number of nitrogens with zero attached hydrogens (tertiary/aromatic N) is 1. The number of amides is 2. The van der Waals surface area contributed by atoms with E-state index in [9.17, 15) is 71.5 Å². The van der Waals surface area contributed by atoms with Crippen LogP contribution in [0, 0.1) is 28.9 Å². The third-order valence-electron chi connectivity index (χ3n) is 8.35. The minimum absolute atomic E-state index is 0.0482. The molecular formula is C33H20BrClF14N2O5. The van der Waals surface area contributed by atoms with E-state index in [1.165, 1.54) is 13.8 Å². The second-order valence-corrected chi connectivity index (χ2v) is 13.6. The third kappa shape index (κ3) is 8.69. The highest BCUT2D eigenvalue weighted by molar-refractivity contribution is 9.10. The summed E-state index contributed by atoms with van der Waals surface area (Å²) in [5, 5.41) is 0.0711. The molecule has 0 aromatic heterocycles. The van der Waals surface area contributed by atoms with E-state index in [4.69, 9.17) is 16.4 Å². The fourth-order valence-electron chi connectivity index (χ4n) is 5.36. The summed E-state index contributed by atoms with van der Waals surface area (Å²) in [6.07, 6.45) is -17.9. The molecule has 1 fully saturated rings. The van der Waals surface area contributed by atoms with Crippen LogP contribution in [-0.4, -0.2) is 42.9 Å². The molecule has 0 saturated heterocycles. The maximum atomic E-state index is 16.2. The number of hydroxylamine groups is 1. The molecule has 2 unspecified atom stereocenters. The van der Waals surface area contributed by atoms with Crippen LogP contribution in [0.1, 0.15) is 40.1 Å². The molecule has 7 nitrogen and oxygen atoms in total. The smallest absolute Gasteiger partial charge is 0.433 e. The Kier molecular flexibility index (Phi) is 12.1. The number of hydrogen-bond donors (Lipinski definition) is 1. The molecular weight excluding hydrogens is 886 g/mol. The number of allylic oxidation sites excluding steroid dienone is 2. The van der Waals surface area contributed by atoms with Gasteiger partial charge in [-0.25, -0.2) is 18.0 Å². The van der Waals surface area contributed by atoms with Gasteiger partial charge in [0.1, 0.15) is 16.5 Å². The molecule has 3 aromatic rings. The first-order chi connectivity index (χ1) is 25.5. The fraction of sp³-hybridized carbons (Fsp3) is 0.303. The summed E-state index contributed by atoms with van der Waals surface area (Å²) in [7, 11) is 0. The van der Waals surface area contributed by atoms with Crippen LogP contribution >= 0.6 is 27.5 Å². The lowest BCUT2D eigenvalue weighted by atomic mass is 9.93. The second-order valence-electron chi connectivity index (χ2n) is 12.3. The zero-order chi connectivity index (χ0) is 42.5. The van der Waals surface area contributed by atoms with E-state index in [-0.39, 0.29) is 11.1 Å². The summed E-state index contributed by atoms with van der Waals surface area (Å²) in [6, 6.07) is 4.81. The first kappa shape index (κ1) is 44.1. The Morgan fingerprint density at radius 3 is 2.00 bits per heavy atom. The lowest BCUT2D eigenvalue weighted by molar-refractivity contribution is -0.348. The Morgan fingerprint density at radius 1 is 0.911 bits per heavy atom. The molecule has 4 rings (SSSR count). The van der Waals surface area contributed by atoms with Crippen molar-refractivity contribution >= 4 is 56.7 Å². The summed E-state index contributed by atoms with van der Waals surface area (Å²) in [5.41, 5.74) is -13.7. The lowest BCUT2D eigenvalue weighted by Crippen LogP contribution is -2.50. The first-order valence-electron chi connectivity index (χ1n) is 15.0. The van der Waals surface area contributed by atoms with Gasteiger partial charge in [0.15, 0.2) is 11.6 Å². The quantitative estimate of drug-likeness (QED) is 0.171. The van der Waals surface area contributed by atoms with Crippen molar-refractivity contribution in [3.63, 3.8) is 0 Å². The van der Waals surface area contributed by atoms with Crippen molar-refractivity contribution in [2.45, 2.75) is 44.7 Å². The molecule has 1 aliphatic rings. The van der Waals surface area contributed by atoms with Gasteiger partial charge >= 0.3 is 36.8 Å². The Labute approximate surface area is 318 Å². The third-order valence-corrected chi connectivity index (χ3v) is 9.31. The minimum atomic E-state index is -6.70. The van der Waals surface area contributed by atoms with Crippen molar-refractivity contribution in [2.75, 3.05) is 10.4 Å². The first-order valence-corrected chi connectivity index (χ1v) is 16.2. The van der Waals surface area contributed by atoms with Gasteiger partial charge < -0.3 is 14.9 Å². The van der Waals surface area contributed by atoms with Gasteiger partial charge in [0.2, 0.25) is 0 Å². The number of carbonyl (C=O) groups excluding carboxylic acids is 3. The number of alkyl halides is 12. The molecule has 56 heavy (non-hydrogen) atoms. The Morgan fingerprint density at radius 2 is 1.48 bits per heavy atom. The average molecular weight is 906 g/mol. The van der Waals surface area contributed by atoms with Gasteiger partial charge in [-0.2, -0.15) is 48.3 Å². The summed E-state index contributed by atoms with van der Waals surface area (Å²) < 4.78 is 194. The minimum Gasteiger partial charge on any atom is -0.433 e. The number of rotatable bonds is 9. The number of nitrogens with one attached hydrogen (secondary N) is 1. The lowest BCUT2D eigenvalue weighted by Gasteiger charge is -2.31. The van der Waals surface area contributed by atoms with E-state index >= 15 is 4.39 Å². The highest BCUT2D eigenvalue weighted by atomic mass is 79.9. The fourth-order valence-corrected chi connectivity index (χ4v) is 6.04. The Balaban J connectivity index is 1.78. The largest absolute Gasteiger partial charge is 0.435 e. The zero-order valence-electron chi connectivity index (χ0n) is 27.5. The van der Waals surface area contributed by atoms with Gasteiger partial charge in [0, 0.05) is 15.6 Å². The second kappa shape index (κ2) is 15.4. The molecule has 0 heterocycles. The SMILES string of the molecule is CC1(C)C(C=C(Cl)C(F)(F)F)C1C(=O)ON(C(=O)c1ccc(F)cc1)c1cccc(C(=O)Nc2c(Br)cc(C(F)(C(F)(F)F)C(F)(F)F)cc2OC(F)F)c1F. The predicted molar refractivity (Wildman–Crippen MR) is 170 cm³/mol. The van der Waals surface area contributed by atoms with Gasteiger partial charge in [-0.3, -0.25) is 9.59 Å². The van der Waals surface area contributed by atoms with E-state index in [2.05, 4.69) is 20.7 Å². The molecule has 0 spiro atoms. The average Bonchev–Trinajstić information content (AvgIpc) is 3.61. The van der Waals surface area contributed by atoms with Crippen molar-refractivity contribution in [1.29, 1.82) is 0 Å². The van der Waals surface area contributed by atoms with E-state index in [1.54, 1.807) is 5.32 Å². The predicted octanol–water partition coefficient (Wildman–Crippen LogP) is 10.9. The van der Waals surface area contributed by atoms with Gasteiger partial charge in [0.05, 0.1) is 17.2 Å². The molecule has 23 heteroatoms. The molecule has 0 aliphatic heterocycles. The molecule has 0 radical (unpaired) electrons. The summed E-state index contributed by atoms with van der Waals surface area (Å²) in [6.45, 7) is -1.35. The number of carbonyl (C=O) groups is 3. The number of hydrogen-bond acceptors (Lipinski definition) is 5. The van der Waals surface area contributed by atoms with Crippen LogP contribution < -0.4 is 15.1 Å².